The first-order valence-electron chi connectivity index (χ1n) is 8.98. The van der Waals surface area contributed by atoms with Crippen LogP contribution in [0.5, 0.6) is 0 Å². The van der Waals surface area contributed by atoms with Gasteiger partial charge in [0.15, 0.2) is 11.5 Å². The zero-order chi connectivity index (χ0) is 19.1. The van der Waals surface area contributed by atoms with Crippen LogP contribution in [-0.2, 0) is 11.8 Å². The number of aromatic nitrogens is 6. The van der Waals surface area contributed by atoms with Gasteiger partial charge in [0.2, 0.25) is 0 Å². The van der Waals surface area contributed by atoms with E-state index in [2.05, 4.69) is 36.9 Å². The van der Waals surface area contributed by atoms with Crippen LogP contribution in [0.25, 0.3) is 16.6 Å². The van der Waals surface area contributed by atoms with Gasteiger partial charge in [-0.15, -0.1) is 5.10 Å². The summed E-state index contributed by atoms with van der Waals surface area (Å²) >= 11 is 0. The lowest BCUT2D eigenvalue weighted by molar-refractivity contribution is 0.102. The van der Waals surface area contributed by atoms with Gasteiger partial charge in [-0.05, 0) is 34.7 Å². The highest BCUT2D eigenvalue weighted by Gasteiger charge is 2.20. The molecule has 10 nitrogen and oxygen atoms in total. The van der Waals surface area contributed by atoms with Gasteiger partial charge in [0, 0.05) is 31.9 Å². The predicted molar refractivity (Wildman–Crippen MR) is 102 cm³/mol. The molecule has 10 heteroatoms. The molecule has 1 aromatic carbocycles. The van der Waals surface area contributed by atoms with Gasteiger partial charge in [0.1, 0.15) is 0 Å². The summed E-state index contributed by atoms with van der Waals surface area (Å²) in [5.41, 5.74) is 2.97. The molecule has 5 rings (SSSR count). The Balaban J connectivity index is 1.53. The Morgan fingerprint density at radius 2 is 2.07 bits per heavy atom. The quantitative estimate of drug-likeness (QED) is 0.569. The van der Waals surface area contributed by atoms with Gasteiger partial charge in [0.05, 0.1) is 29.8 Å². The number of tetrazole rings is 1. The summed E-state index contributed by atoms with van der Waals surface area (Å²) in [5.74, 6) is 0.270. The van der Waals surface area contributed by atoms with Gasteiger partial charge in [-0.2, -0.15) is 5.10 Å². The predicted octanol–water partition coefficient (Wildman–Crippen LogP) is 1.10. The second-order valence-corrected chi connectivity index (χ2v) is 6.59. The largest absolute Gasteiger partial charge is 0.378 e. The minimum Gasteiger partial charge on any atom is -0.378 e. The van der Waals surface area contributed by atoms with Crippen molar-refractivity contribution in [3.8, 4) is 0 Å². The van der Waals surface area contributed by atoms with Crippen LogP contribution in [-0.4, -0.2) is 62.0 Å². The number of carbonyl (C=O) groups excluding carboxylic acids is 1. The van der Waals surface area contributed by atoms with Gasteiger partial charge in [0.25, 0.3) is 5.91 Å². The summed E-state index contributed by atoms with van der Waals surface area (Å²) in [4.78, 5) is 15.1. The molecule has 1 saturated heterocycles. The molecular weight excluding hydrogens is 360 g/mol. The molecule has 1 N–H and O–H groups in total. The molecule has 1 aliphatic rings. The lowest BCUT2D eigenvalue weighted by atomic mass is 10.1. The van der Waals surface area contributed by atoms with Crippen molar-refractivity contribution in [3.63, 3.8) is 0 Å². The number of ether oxygens (including phenoxy) is 1. The molecule has 0 unspecified atom stereocenters. The first-order chi connectivity index (χ1) is 13.7. The molecule has 0 bridgehead atoms. The molecule has 4 aromatic rings. The van der Waals surface area contributed by atoms with Crippen molar-refractivity contribution in [3.05, 3.63) is 42.1 Å². The summed E-state index contributed by atoms with van der Waals surface area (Å²) in [6.45, 7) is 2.98. The van der Waals surface area contributed by atoms with E-state index >= 15 is 0 Å². The molecule has 1 fully saturated rings. The molecule has 4 heterocycles. The minimum absolute atomic E-state index is 0.262. The molecule has 0 saturated carbocycles. The highest BCUT2D eigenvalue weighted by molar-refractivity contribution is 6.11. The SMILES string of the molecule is Cn1nc(NC(=O)c2ccn3nnnc3c2)c2c(N3CCOCC3)cccc21. The Hall–Kier alpha value is -3.53. The summed E-state index contributed by atoms with van der Waals surface area (Å²) in [6, 6.07) is 9.37. The van der Waals surface area contributed by atoms with Crippen LogP contribution in [0, 0.1) is 0 Å². The second kappa shape index (κ2) is 6.57. The number of rotatable bonds is 3. The first kappa shape index (κ1) is 16.6. The summed E-state index contributed by atoms with van der Waals surface area (Å²) < 4.78 is 8.75. The van der Waals surface area contributed by atoms with E-state index in [4.69, 9.17) is 4.74 Å². The van der Waals surface area contributed by atoms with E-state index in [1.165, 1.54) is 4.52 Å². The number of hydrogen-bond acceptors (Lipinski definition) is 7. The van der Waals surface area contributed by atoms with Gasteiger partial charge < -0.3 is 15.0 Å². The van der Waals surface area contributed by atoms with E-state index in [9.17, 15) is 4.79 Å². The lowest BCUT2D eigenvalue weighted by Crippen LogP contribution is -2.36. The van der Waals surface area contributed by atoms with Crippen LogP contribution in [0.15, 0.2) is 36.5 Å². The fourth-order valence-corrected chi connectivity index (χ4v) is 3.51. The third kappa shape index (κ3) is 2.74. The van der Waals surface area contributed by atoms with E-state index in [0.717, 1.165) is 29.7 Å². The monoisotopic (exact) mass is 378 g/mol. The molecule has 0 aliphatic carbocycles. The maximum Gasteiger partial charge on any atom is 0.257 e. The van der Waals surface area contributed by atoms with Crippen molar-refractivity contribution in [1.29, 1.82) is 0 Å². The third-order valence-corrected chi connectivity index (χ3v) is 4.90. The fraction of sp³-hybridized carbons (Fsp3) is 0.278. The van der Waals surface area contributed by atoms with Crippen molar-refractivity contribution in [2.45, 2.75) is 0 Å². The number of hydrogen-bond donors (Lipinski definition) is 1. The van der Waals surface area contributed by atoms with Crippen LogP contribution < -0.4 is 10.2 Å². The van der Waals surface area contributed by atoms with Crippen molar-refractivity contribution in [2.75, 3.05) is 36.5 Å². The molecule has 0 radical (unpaired) electrons. The number of morpholine rings is 1. The normalized spacial score (nSPS) is 14.7. The zero-order valence-electron chi connectivity index (χ0n) is 15.2. The Kier molecular flexibility index (Phi) is 3.90. The van der Waals surface area contributed by atoms with E-state index in [-0.39, 0.29) is 5.91 Å². The number of benzene rings is 1. The average molecular weight is 378 g/mol. The minimum atomic E-state index is -0.262. The smallest absolute Gasteiger partial charge is 0.257 e. The first-order valence-corrected chi connectivity index (χ1v) is 8.98. The molecule has 3 aromatic heterocycles. The molecule has 0 spiro atoms. The van der Waals surface area contributed by atoms with Crippen molar-refractivity contribution in [2.24, 2.45) is 7.05 Å². The number of nitrogens with zero attached hydrogens (tertiary/aromatic N) is 7. The van der Waals surface area contributed by atoms with Gasteiger partial charge in [-0.1, -0.05) is 6.07 Å². The zero-order valence-corrected chi connectivity index (χ0v) is 15.2. The molecular formula is C18H18N8O2. The summed E-state index contributed by atoms with van der Waals surface area (Å²) in [5, 5.41) is 19.7. The number of aryl methyl sites for hydroxylation is 1. The highest BCUT2D eigenvalue weighted by Crippen LogP contribution is 2.33. The van der Waals surface area contributed by atoms with Crippen molar-refractivity contribution >= 4 is 34.0 Å². The van der Waals surface area contributed by atoms with Gasteiger partial charge in [-0.25, -0.2) is 4.52 Å². The number of amides is 1. The Morgan fingerprint density at radius 3 is 2.93 bits per heavy atom. The number of carbonyl (C=O) groups is 1. The number of pyridine rings is 1. The van der Waals surface area contributed by atoms with Gasteiger partial charge >= 0.3 is 0 Å². The van der Waals surface area contributed by atoms with E-state index in [0.29, 0.717) is 30.2 Å². The molecule has 28 heavy (non-hydrogen) atoms. The number of anilines is 2. The van der Waals surface area contributed by atoms with Crippen LogP contribution >= 0.6 is 0 Å². The fourth-order valence-electron chi connectivity index (χ4n) is 3.51. The number of nitrogens with one attached hydrogen (secondary N) is 1. The van der Waals surface area contributed by atoms with E-state index in [1.807, 2.05) is 19.2 Å². The Bertz CT molecular complexity index is 1170. The third-order valence-electron chi connectivity index (χ3n) is 4.90. The average Bonchev–Trinajstić information content (AvgIpc) is 3.32. The Labute approximate surface area is 159 Å². The summed E-state index contributed by atoms with van der Waals surface area (Å²) in [7, 11) is 1.87. The van der Waals surface area contributed by atoms with Crippen LogP contribution in [0.2, 0.25) is 0 Å². The van der Waals surface area contributed by atoms with E-state index < -0.39 is 0 Å². The maximum atomic E-state index is 12.8. The van der Waals surface area contributed by atoms with Crippen LogP contribution in [0.3, 0.4) is 0 Å². The lowest BCUT2D eigenvalue weighted by Gasteiger charge is -2.29. The molecule has 1 aliphatic heterocycles. The van der Waals surface area contributed by atoms with Crippen molar-refractivity contribution < 1.29 is 9.53 Å². The number of fused-ring (bicyclic) bond motifs is 2. The van der Waals surface area contributed by atoms with Crippen molar-refractivity contribution in [1.82, 2.24) is 29.8 Å². The van der Waals surface area contributed by atoms with E-state index in [1.54, 1.807) is 23.0 Å². The molecule has 1 amide bonds. The highest BCUT2D eigenvalue weighted by atomic mass is 16.5. The summed E-state index contributed by atoms with van der Waals surface area (Å²) in [6.07, 6.45) is 1.65. The molecule has 0 atom stereocenters. The topological polar surface area (TPSA) is 102 Å². The second-order valence-electron chi connectivity index (χ2n) is 6.59. The maximum absolute atomic E-state index is 12.8. The van der Waals surface area contributed by atoms with Gasteiger partial charge in [-0.3, -0.25) is 9.48 Å². The van der Waals surface area contributed by atoms with Crippen LogP contribution in [0.1, 0.15) is 10.4 Å². The Morgan fingerprint density at radius 1 is 1.21 bits per heavy atom. The van der Waals surface area contributed by atoms with Crippen LogP contribution in [0.4, 0.5) is 11.5 Å². The standard InChI is InChI=1S/C18H18N8O2/c1-24-13-3-2-4-14(25-7-9-28-10-8-25)16(13)17(21-24)19-18(27)12-5-6-26-15(11-12)20-22-23-26/h2-6,11H,7-10H2,1H3,(H,19,21,27). The molecule has 142 valence electrons.